The van der Waals surface area contributed by atoms with Gasteiger partial charge in [-0.1, -0.05) is 84.5 Å². The number of esters is 2. The Morgan fingerprint density at radius 2 is 1.24 bits per heavy atom. The lowest BCUT2D eigenvalue weighted by Gasteiger charge is -2.40. The zero-order valence-electron chi connectivity index (χ0n) is 37.5. The molecule has 1 saturated heterocycles. The van der Waals surface area contributed by atoms with Crippen molar-refractivity contribution in [3.8, 4) is 23.0 Å². The van der Waals surface area contributed by atoms with Gasteiger partial charge in [0.2, 0.25) is 0 Å². The maximum Gasteiger partial charge on any atom is 0.347 e. The number of thioether (sulfide) groups is 1. The molecule has 0 radical (unpaired) electrons. The van der Waals surface area contributed by atoms with E-state index in [2.05, 4.69) is 118 Å². The quantitative estimate of drug-likeness (QED) is 0.0996. The first kappa shape index (κ1) is 44.5. The summed E-state index contributed by atoms with van der Waals surface area (Å²) in [4.78, 5) is 28.2. The Morgan fingerprint density at radius 1 is 0.776 bits per heavy atom. The van der Waals surface area contributed by atoms with Gasteiger partial charge in [0.1, 0.15) is 11.5 Å². The predicted molar refractivity (Wildman–Crippen MR) is 240 cm³/mol. The van der Waals surface area contributed by atoms with Crippen molar-refractivity contribution >= 4 is 52.1 Å². The van der Waals surface area contributed by atoms with Gasteiger partial charge in [0.05, 0.1) is 32.5 Å². The van der Waals surface area contributed by atoms with Crippen molar-refractivity contribution in [2.24, 2.45) is 5.92 Å². The number of carbonyl (C=O) groups excluding carboxylic acids is 2. The first-order valence-corrected chi connectivity index (χ1v) is 28.2. The number of carbonyl (C=O) groups is 2. The van der Waals surface area contributed by atoms with E-state index in [9.17, 15) is 9.59 Å². The molecule has 3 aliphatic rings. The highest BCUT2D eigenvalue weighted by atomic mass is 32.2. The molecule has 12 heteroatoms. The lowest BCUT2D eigenvalue weighted by atomic mass is 9.73. The van der Waals surface area contributed by atoms with E-state index in [1.807, 2.05) is 17.8 Å². The van der Waals surface area contributed by atoms with Gasteiger partial charge in [0.15, 0.2) is 23.7 Å². The van der Waals surface area contributed by atoms with Crippen LogP contribution in [0.15, 0.2) is 52.3 Å². The molecule has 3 aromatic rings. The normalized spacial score (nSPS) is 20.4. The molecule has 0 bridgehead atoms. The van der Waals surface area contributed by atoms with Crippen molar-refractivity contribution in [2.45, 2.75) is 157 Å². The van der Waals surface area contributed by atoms with Crippen molar-refractivity contribution in [3.63, 3.8) is 0 Å². The van der Waals surface area contributed by atoms with E-state index in [1.165, 1.54) is 16.7 Å². The maximum atomic E-state index is 13.0. The second-order valence-electron chi connectivity index (χ2n) is 19.1. The highest BCUT2D eigenvalue weighted by molar-refractivity contribution is 8.09. The molecule has 4 atom stereocenters. The number of ether oxygens (including phenoxy) is 4. The van der Waals surface area contributed by atoms with Gasteiger partial charge in [-0.3, -0.25) is 0 Å². The summed E-state index contributed by atoms with van der Waals surface area (Å²) in [7, 11) is -4.47. The van der Waals surface area contributed by atoms with Gasteiger partial charge >= 0.3 is 11.9 Å². The fourth-order valence-electron chi connectivity index (χ4n) is 7.91. The van der Waals surface area contributed by atoms with Gasteiger partial charge in [-0.05, 0) is 129 Å². The molecule has 0 amide bonds. The number of fused-ring (bicyclic) bond motifs is 7. The molecule has 2 spiro atoms. The Kier molecular flexibility index (Phi) is 11.8. The summed E-state index contributed by atoms with van der Waals surface area (Å²) >= 11 is 3.78. The van der Waals surface area contributed by atoms with Gasteiger partial charge in [-0.15, -0.1) is 11.8 Å². The van der Waals surface area contributed by atoms with Gasteiger partial charge in [0.25, 0.3) is 16.6 Å². The van der Waals surface area contributed by atoms with E-state index in [4.69, 9.17) is 27.8 Å². The molecule has 0 N–H and O–H groups in total. The third-order valence-corrected chi connectivity index (χ3v) is 25.1. The summed E-state index contributed by atoms with van der Waals surface area (Å²) in [5, 5.41) is 0.0168. The Morgan fingerprint density at radius 3 is 1.69 bits per heavy atom. The van der Waals surface area contributed by atoms with Crippen molar-refractivity contribution in [1.82, 2.24) is 0 Å². The van der Waals surface area contributed by atoms with Crippen LogP contribution >= 0.6 is 23.5 Å². The first-order chi connectivity index (χ1) is 26.9. The van der Waals surface area contributed by atoms with Crippen molar-refractivity contribution in [2.75, 3.05) is 13.2 Å². The minimum absolute atomic E-state index is 0.00840. The predicted octanol–water partition coefficient (Wildman–Crippen LogP) is 12.0. The minimum Gasteiger partial charge on any atom is -0.543 e. The van der Waals surface area contributed by atoms with Gasteiger partial charge in [-0.25, -0.2) is 9.59 Å². The smallest absolute Gasteiger partial charge is 0.347 e. The zero-order valence-corrected chi connectivity index (χ0v) is 41.1. The van der Waals surface area contributed by atoms with Crippen LogP contribution in [0.1, 0.15) is 104 Å². The van der Waals surface area contributed by atoms with Crippen LogP contribution in [0.2, 0.25) is 36.3 Å². The van der Waals surface area contributed by atoms with Crippen LogP contribution in [0.3, 0.4) is 0 Å². The van der Waals surface area contributed by atoms with Crippen LogP contribution in [-0.4, -0.2) is 54.0 Å². The highest BCUT2D eigenvalue weighted by Crippen LogP contribution is 2.87. The second kappa shape index (κ2) is 15.4. The third kappa shape index (κ3) is 7.29. The van der Waals surface area contributed by atoms with Crippen LogP contribution < -0.4 is 18.3 Å². The van der Waals surface area contributed by atoms with Crippen LogP contribution in [0, 0.1) is 12.8 Å². The largest absolute Gasteiger partial charge is 0.543 e. The van der Waals surface area contributed by atoms with Crippen LogP contribution in [0.25, 0.3) is 0 Å². The fourth-order valence-corrected chi connectivity index (χ4v) is 13.7. The molecule has 2 unspecified atom stereocenters. The molecule has 2 aliphatic heterocycles. The van der Waals surface area contributed by atoms with Crippen molar-refractivity contribution in [1.29, 1.82) is 0 Å². The Balaban J connectivity index is 1.60. The lowest BCUT2D eigenvalue weighted by molar-refractivity contribution is -0.152. The minimum atomic E-state index is -2.24. The molecular formula is C46H64O8S2Si2. The van der Waals surface area contributed by atoms with Gasteiger partial charge in [0, 0.05) is 0 Å². The highest BCUT2D eigenvalue weighted by Gasteiger charge is 2.78. The Bertz CT molecular complexity index is 2020. The van der Waals surface area contributed by atoms with E-state index in [-0.39, 0.29) is 29.2 Å². The van der Waals surface area contributed by atoms with Crippen LogP contribution in [-0.2, 0) is 35.0 Å². The summed E-state index contributed by atoms with van der Waals surface area (Å²) in [6.45, 7) is 34.7. The average Bonchev–Trinajstić information content (AvgIpc) is 3.71. The Labute approximate surface area is 357 Å². The average molecular weight is 865 g/mol. The first-order valence-electron chi connectivity index (χ1n) is 20.7. The molecule has 8 nitrogen and oxygen atoms in total. The molecule has 1 fully saturated rings. The molecule has 0 saturated carbocycles. The van der Waals surface area contributed by atoms with E-state index in [0.29, 0.717) is 11.5 Å². The topological polar surface area (TPSA) is 89.5 Å². The van der Waals surface area contributed by atoms with Gasteiger partial charge < -0.3 is 27.8 Å². The fraction of sp³-hybridized carbons (Fsp3) is 0.565. The SMILES string of the molecule is CCOC(=O)[C@@H](C)Oc1cc2c(c(C)c1O[C@H](C)C(=O)OCC)C1(SC13c1cccc(O[Si](C)(C)C(C)(C)C)c1Sc1c(O[Si](C)(C)C(C)(C)C)cccc13)C(C)C2. The third-order valence-electron chi connectivity index (χ3n) is 13.1. The number of rotatable bonds is 12. The van der Waals surface area contributed by atoms with Crippen LogP contribution in [0.4, 0.5) is 0 Å². The van der Waals surface area contributed by atoms with Crippen molar-refractivity contribution in [3.05, 3.63) is 70.3 Å². The zero-order chi connectivity index (χ0) is 43.0. The molecule has 1 aliphatic carbocycles. The molecular weight excluding hydrogens is 801 g/mol. The summed E-state index contributed by atoms with van der Waals surface area (Å²) in [6, 6.07) is 15.2. The van der Waals surface area contributed by atoms with E-state index in [1.54, 1.807) is 39.5 Å². The van der Waals surface area contributed by atoms with E-state index in [0.717, 1.165) is 38.8 Å². The van der Waals surface area contributed by atoms with E-state index < -0.39 is 50.3 Å². The lowest BCUT2D eigenvalue weighted by Crippen LogP contribution is -2.44. The van der Waals surface area contributed by atoms with Crippen LogP contribution in [0.5, 0.6) is 23.0 Å². The standard InChI is InChI=1S/C46H64O8S2Si2/c1-17-49-41(47)29(5)51-36-26-31-25-27(3)45(37(31)28(4)38(36)52-30(6)42(48)50-18-2)46(56-45)32-21-19-23-34(53-57(13,14)43(7,8)9)39(32)55-40-33(46)22-20-24-35(40)54-58(15,16)44(10,11)12/h19-24,26-27,29-30H,17-18,25H2,1-16H3/t27?,29-,30-,45?/m1/s1. The van der Waals surface area contributed by atoms with Gasteiger partial charge in [-0.2, -0.15) is 0 Å². The van der Waals surface area contributed by atoms with E-state index >= 15 is 0 Å². The second-order valence-corrected chi connectivity index (χ2v) is 31.0. The maximum absolute atomic E-state index is 13.0. The number of benzene rings is 3. The molecule has 3 aromatic carbocycles. The molecule has 316 valence electrons. The summed E-state index contributed by atoms with van der Waals surface area (Å²) < 4.78 is 37.1. The summed E-state index contributed by atoms with van der Waals surface area (Å²) in [5.74, 6) is 1.95. The molecule has 0 aromatic heterocycles. The number of hydrogen-bond acceptors (Lipinski definition) is 10. The van der Waals surface area contributed by atoms with Crippen molar-refractivity contribution < 1.29 is 37.4 Å². The summed E-state index contributed by atoms with van der Waals surface area (Å²) in [5.41, 5.74) is 5.70. The molecule has 2 heterocycles. The summed E-state index contributed by atoms with van der Waals surface area (Å²) in [6.07, 6.45) is -1.01. The molecule has 6 rings (SSSR count). The monoisotopic (exact) mass is 864 g/mol. The number of hydrogen-bond donors (Lipinski definition) is 0. The molecule has 58 heavy (non-hydrogen) atoms. The Hall–Kier alpha value is -3.07.